The van der Waals surface area contributed by atoms with Crippen LogP contribution in [-0.4, -0.2) is 24.0 Å². The Labute approximate surface area is 139 Å². The van der Waals surface area contributed by atoms with E-state index in [0.717, 1.165) is 10.4 Å². The molecule has 1 N–H and O–H groups in total. The molecule has 23 heavy (non-hydrogen) atoms. The molecule has 0 spiro atoms. The average molecular weight is 332 g/mol. The summed E-state index contributed by atoms with van der Waals surface area (Å²) < 4.78 is 4.74. The van der Waals surface area contributed by atoms with Crippen molar-refractivity contribution in [1.82, 2.24) is 4.98 Å². The van der Waals surface area contributed by atoms with Gasteiger partial charge in [0.1, 0.15) is 0 Å². The van der Waals surface area contributed by atoms with Crippen LogP contribution in [0.5, 0.6) is 0 Å². The number of ether oxygens (including phenoxy) is 1. The first-order chi connectivity index (χ1) is 10.8. The first kappa shape index (κ1) is 17.1. The first-order valence-corrected chi connectivity index (χ1v) is 8.06. The van der Waals surface area contributed by atoms with Crippen LogP contribution in [0, 0.1) is 5.41 Å². The molecule has 0 aliphatic heterocycles. The van der Waals surface area contributed by atoms with Gasteiger partial charge < -0.3 is 10.1 Å². The Morgan fingerprint density at radius 2 is 1.87 bits per heavy atom. The lowest BCUT2D eigenvalue weighted by molar-refractivity contribution is -0.139. The minimum atomic E-state index is -0.513. The highest BCUT2D eigenvalue weighted by molar-refractivity contribution is 7.16. The fraction of sp³-hybridized carbons (Fsp3) is 0.353. The van der Waals surface area contributed by atoms with E-state index in [9.17, 15) is 9.59 Å². The zero-order chi connectivity index (χ0) is 17.0. The molecule has 2 rings (SSSR count). The summed E-state index contributed by atoms with van der Waals surface area (Å²) in [4.78, 5) is 29.0. The molecule has 1 aromatic carbocycles. The molecule has 0 saturated heterocycles. The van der Waals surface area contributed by atoms with Crippen molar-refractivity contribution < 1.29 is 14.3 Å². The van der Waals surface area contributed by atoms with Crippen LogP contribution in [0.25, 0.3) is 11.3 Å². The average Bonchev–Trinajstić information content (AvgIpc) is 2.89. The number of benzene rings is 1. The predicted molar refractivity (Wildman–Crippen MR) is 91.4 cm³/mol. The summed E-state index contributed by atoms with van der Waals surface area (Å²) in [6, 6.07) is 9.57. The first-order valence-electron chi connectivity index (χ1n) is 7.24. The lowest BCUT2D eigenvalue weighted by atomic mass is 9.96. The molecule has 0 atom stereocenters. The smallest absolute Gasteiger partial charge is 0.310 e. The maximum Gasteiger partial charge on any atom is 0.310 e. The summed E-state index contributed by atoms with van der Waals surface area (Å²) in [5.41, 5.74) is 1.09. The standard InChI is InChI=1S/C17H20N2O3S/c1-17(2,3)15(21)19-16-18-14(11-8-6-5-7-9-11)12(23-16)10-13(20)22-4/h5-9H,10H2,1-4H3,(H,18,19,21). The van der Waals surface area contributed by atoms with Crippen LogP contribution in [-0.2, 0) is 20.7 Å². The normalized spacial score (nSPS) is 11.1. The van der Waals surface area contributed by atoms with Gasteiger partial charge in [0.05, 0.1) is 19.2 Å². The van der Waals surface area contributed by atoms with Crippen LogP contribution >= 0.6 is 11.3 Å². The second kappa shape index (κ2) is 6.91. The number of nitrogens with zero attached hydrogens (tertiary/aromatic N) is 1. The monoisotopic (exact) mass is 332 g/mol. The van der Waals surface area contributed by atoms with Crippen LogP contribution in [0.3, 0.4) is 0 Å². The van der Waals surface area contributed by atoms with Crippen LogP contribution in [0.4, 0.5) is 5.13 Å². The molecule has 1 aromatic heterocycles. The van der Waals surface area contributed by atoms with Gasteiger partial charge in [-0.3, -0.25) is 9.59 Å². The number of aromatic nitrogens is 1. The molecular formula is C17H20N2O3S. The summed E-state index contributed by atoms with van der Waals surface area (Å²) in [5, 5.41) is 3.31. The Hall–Kier alpha value is -2.21. The fourth-order valence-corrected chi connectivity index (χ4v) is 2.80. The summed E-state index contributed by atoms with van der Waals surface area (Å²) in [6.07, 6.45) is 0.129. The Balaban J connectivity index is 2.36. The Morgan fingerprint density at radius 3 is 2.43 bits per heavy atom. The van der Waals surface area contributed by atoms with E-state index in [1.807, 2.05) is 51.1 Å². The van der Waals surface area contributed by atoms with E-state index in [2.05, 4.69) is 10.3 Å². The number of carbonyl (C=O) groups is 2. The Kier molecular flexibility index (Phi) is 5.15. The van der Waals surface area contributed by atoms with Crippen molar-refractivity contribution in [1.29, 1.82) is 0 Å². The molecule has 2 aromatic rings. The van der Waals surface area contributed by atoms with Gasteiger partial charge in [0.15, 0.2) is 5.13 Å². The number of carbonyl (C=O) groups excluding carboxylic acids is 2. The van der Waals surface area contributed by atoms with Crippen molar-refractivity contribution in [3.63, 3.8) is 0 Å². The summed E-state index contributed by atoms with van der Waals surface area (Å²) in [6.45, 7) is 5.51. The van der Waals surface area contributed by atoms with Crippen molar-refractivity contribution in [3.05, 3.63) is 35.2 Å². The summed E-state index contributed by atoms with van der Waals surface area (Å²) in [5.74, 6) is -0.449. The molecule has 1 heterocycles. The van der Waals surface area contributed by atoms with Crippen LogP contribution in [0.15, 0.2) is 30.3 Å². The van der Waals surface area contributed by atoms with Crippen molar-refractivity contribution in [2.75, 3.05) is 12.4 Å². The maximum atomic E-state index is 12.1. The minimum Gasteiger partial charge on any atom is -0.469 e. The summed E-state index contributed by atoms with van der Waals surface area (Å²) in [7, 11) is 1.36. The number of hydrogen-bond donors (Lipinski definition) is 1. The highest BCUT2D eigenvalue weighted by Crippen LogP contribution is 2.32. The number of rotatable bonds is 4. The molecular weight excluding hydrogens is 312 g/mol. The zero-order valence-corrected chi connectivity index (χ0v) is 14.5. The van der Waals surface area contributed by atoms with Gasteiger partial charge in [-0.25, -0.2) is 4.98 Å². The molecule has 122 valence electrons. The highest BCUT2D eigenvalue weighted by Gasteiger charge is 2.24. The van der Waals surface area contributed by atoms with Crippen molar-refractivity contribution in [3.8, 4) is 11.3 Å². The van der Waals surface area contributed by atoms with Crippen molar-refractivity contribution in [2.24, 2.45) is 5.41 Å². The van der Waals surface area contributed by atoms with E-state index in [1.165, 1.54) is 18.4 Å². The van der Waals surface area contributed by atoms with Crippen LogP contribution < -0.4 is 5.32 Å². The maximum absolute atomic E-state index is 12.1. The van der Waals surface area contributed by atoms with Crippen molar-refractivity contribution in [2.45, 2.75) is 27.2 Å². The van der Waals surface area contributed by atoms with Gasteiger partial charge in [0, 0.05) is 15.9 Å². The lowest BCUT2D eigenvalue weighted by Gasteiger charge is -2.15. The minimum absolute atomic E-state index is 0.115. The van der Waals surface area contributed by atoms with Gasteiger partial charge in [-0.2, -0.15) is 0 Å². The third-order valence-electron chi connectivity index (χ3n) is 3.18. The highest BCUT2D eigenvalue weighted by atomic mass is 32.1. The Bertz CT molecular complexity index is 702. The predicted octanol–water partition coefficient (Wildman–Crippen LogP) is 3.51. The number of esters is 1. The number of nitrogens with one attached hydrogen (secondary N) is 1. The molecule has 0 saturated carbocycles. The zero-order valence-electron chi connectivity index (χ0n) is 13.7. The van der Waals surface area contributed by atoms with E-state index < -0.39 is 5.41 Å². The van der Waals surface area contributed by atoms with Crippen LogP contribution in [0.1, 0.15) is 25.6 Å². The molecule has 6 heteroatoms. The summed E-state index contributed by atoms with van der Waals surface area (Å²) >= 11 is 1.30. The van der Waals surface area contributed by atoms with Gasteiger partial charge in [0.2, 0.25) is 5.91 Å². The second-order valence-electron chi connectivity index (χ2n) is 6.11. The Morgan fingerprint density at radius 1 is 1.22 bits per heavy atom. The number of methoxy groups -OCH3 is 1. The largest absolute Gasteiger partial charge is 0.469 e. The van der Waals surface area contributed by atoms with E-state index in [1.54, 1.807) is 0 Å². The second-order valence-corrected chi connectivity index (χ2v) is 7.20. The van der Waals surface area contributed by atoms with Gasteiger partial charge in [-0.15, -0.1) is 11.3 Å². The topological polar surface area (TPSA) is 68.3 Å². The third-order valence-corrected chi connectivity index (χ3v) is 4.15. The quantitative estimate of drug-likeness (QED) is 0.870. The van der Waals surface area contributed by atoms with E-state index >= 15 is 0 Å². The van der Waals surface area contributed by atoms with Crippen molar-refractivity contribution >= 4 is 28.3 Å². The van der Waals surface area contributed by atoms with Gasteiger partial charge in [-0.05, 0) is 0 Å². The molecule has 0 aliphatic rings. The van der Waals surface area contributed by atoms with Gasteiger partial charge >= 0.3 is 5.97 Å². The van der Waals surface area contributed by atoms with E-state index in [4.69, 9.17) is 4.74 Å². The SMILES string of the molecule is COC(=O)Cc1sc(NC(=O)C(C)(C)C)nc1-c1ccccc1. The molecule has 0 unspecified atom stereocenters. The fourth-order valence-electron chi connectivity index (χ4n) is 1.83. The molecule has 1 amide bonds. The van der Waals surface area contributed by atoms with E-state index in [0.29, 0.717) is 10.8 Å². The molecule has 5 nitrogen and oxygen atoms in total. The number of thiazole rings is 1. The lowest BCUT2D eigenvalue weighted by Crippen LogP contribution is -2.27. The van der Waals surface area contributed by atoms with Gasteiger partial charge in [-0.1, -0.05) is 51.1 Å². The third kappa shape index (κ3) is 4.39. The number of amides is 1. The number of hydrogen-bond acceptors (Lipinski definition) is 5. The molecule has 0 radical (unpaired) electrons. The number of anilines is 1. The molecule has 0 fully saturated rings. The van der Waals surface area contributed by atoms with Gasteiger partial charge in [0.25, 0.3) is 0 Å². The van der Waals surface area contributed by atoms with E-state index in [-0.39, 0.29) is 18.3 Å². The van der Waals surface area contributed by atoms with Crippen LogP contribution in [0.2, 0.25) is 0 Å². The molecule has 0 bridgehead atoms. The molecule has 0 aliphatic carbocycles.